The average molecular weight is 524 g/mol. The van der Waals surface area contributed by atoms with Crippen molar-refractivity contribution in [3.8, 4) is 10.6 Å². The standard InChI is InChI=1S/C20H25IN6OS/c1-2-21-7-5-15(6-8-21)27-12-18-16(25-27)4-3-9-26(18)20(28)17-13-29-19(24-17)14-10-22-23-11-14/h10-13,15H,2-9H2,1H3,(H,22,23). The van der Waals surface area contributed by atoms with Crippen molar-refractivity contribution in [3.05, 3.63) is 35.4 Å². The van der Waals surface area contributed by atoms with Gasteiger partial charge in [0.15, 0.2) is 0 Å². The molecule has 3 aromatic heterocycles. The van der Waals surface area contributed by atoms with Gasteiger partial charge in [-0.2, -0.15) is 5.10 Å². The minimum atomic E-state index is -0.656. The zero-order valence-corrected chi connectivity index (χ0v) is 19.4. The number of aromatic amines is 1. The van der Waals surface area contributed by atoms with E-state index in [0.717, 1.165) is 41.3 Å². The zero-order valence-electron chi connectivity index (χ0n) is 16.5. The first kappa shape index (κ1) is 19.2. The van der Waals surface area contributed by atoms with E-state index in [0.29, 0.717) is 11.7 Å². The quantitative estimate of drug-likeness (QED) is 0.410. The van der Waals surface area contributed by atoms with Crippen LogP contribution < -0.4 is 4.90 Å². The van der Waals surface area contributed by atoms with Crippen LogP contribution in [0.4, 0.5) is 5.69 Å². The Hall–Kier alpha value is -1.75. The van der Waals surface area contributed by atoms with E-state index in [2.05, 4.69) is 33.0 Å². The summed E-state index contributed by atoms with van der Waals surface area (Å²) in [6, 6.07) is 0.504. The van der Waals surface area contributed by atoms with Crippen LogP contribution in [-0.4, -0.2) is 50.7 Å². The van der Waals surface area contributed by atoms with Crippen LogP contribution in [0, 0.1) is 0 Å². The fourth-order valence-corrected chi connectivity index (χ4v) is 10.1. The summed E-state index contributed by atoms with van der Waals surface area (Å²) in [7, 11) is 0. The van der Waals surface area contributed by atoms with Crippen molar-refractivity contribution in [1.29, 1.82) is 0 Å². The van der Waals surface area contributed by atoms with Crippen molar-refractivity contribution in [2.24, 2.45) is 0 Å². The third-order valence-electron chi connectivity index (χ3n) is 5.76. The zero-order chi connectivity index (χ0) is 19.8. The van der Waals surface area contributed by atoms with Crippen molar-refractivity contribution in [2.45, 2.75) is 38.6 Å². The molecule has 29 heavy (non-hydrogen) atoms. The van der Waals surface area contributed by atoms with Crippen molar-refractivity contribution in [1.82, 2.24) is 25.0 Å². The Balaban J connectivity index is 1.37. The van der Waals surface area contributed by atoms with Gasteiger partial charge in [0, 0.05) is 6.20 Å². The maximum atomic E-state index is 13.2. The molecule has 5 heterocycles. The molecule has 1 N–H and O–H groups in total. The number of fused-ring (bicyclic) bond motifs is 1. The van der Waals surface area contributed by atoms with Crippen LogP contribution in [0.2, 0.25) is 0 Å². The third-order valence-corrected chi connectivity index (χ3v) is 13.1. The van der Waals surface area contributed by atoms with Gasteiger partial charge in [-0.25, -0.2) is 0 Å². The number of halogens is 1. The number of alkyl halides is 3. The second kappa shape index (κ2) is 8.17. The average Bonchev–Trinajstić information content (AvgIpc) is 3.52. The Bertz CT molecular complexity index is 989. The maximum absolute atomic E-state index is 13.2. The summed E-state index contributed by atoms with van der Waals surface area (Å²) in [5.41, 5.74) is 3.46. The number of carbonyl (C=O) groups is 1. The summed E-state index contributed by atoms with van der Waals surface area (Å²) in [4.78, 5) is 19.7. The molecule has 2 aliphatic rings. The van der Waals surface area contributed by atoms with Gasteiger partial charge in [0.05, 0.1) is 6.20 Å². The molecule has 0 bridgehead atoms. The van der Waals surface area contributed by atoms with Gasteiger partial charge >= 0.3 is 159 Å². The normalized spacial score (nSPS) is 18.8. The first-order valence-corrected chi connectivity index (χ1v) is 15.6. The van der Waals surface area contributed by atoms with Crippen molar-refractivity contribution >= 4 is 42.8 Å². The van der Waals surface area contributed by atoms with Crippen LogP contribution in [0.15, 0.2) is 24.0 Å². The molecular formula is C20H25IN6OS. The molecule has 1 saturated heterocycles. The summed E-state index contributed by atoms with van der Waals surface area (Å²) < 4.78 is 6.47. The number of amides is 1. The van der Waals surface area contributed by atoms with Crippen LogP contribution in [0.3, 0.4) is 0 Å². The molecule has 7 nitrogen and oxygen atoms in total. The summed E-state index contributed by atoms with van der Waals surface area (Å²) in [5.74, 6) is -0.0282. The summed E-state index contributed by atoms with van der Waals surface area (Å²) in [6.45, 7) is 3.09. The fraction of sp³-hybridized carbons (Fsp3) is 0.500. The Morgan fingerprint density at radius 2 is 2.24 bits per heavy atom. The number of hydrogen-bond donors (Lipinski definition) is 1. The first-order valence-electron chi connectivity index (χ1n) is 10.1. The number of aryl methyl sites for hydroxylation is 1. The van der Waals surface area contributed by atoms with Gasteiger partial charge < -0.3 is 0 Å². The molecule has 0 spiro atoms. The Labute approximate surface area is 181 Å². The van der Waals surface area contributed by atoms with Crippen molar-refractivity contribution in [2.75, 3.05) is 24.7 Å². The Morgan fingerprint density at radius 3 is 3.00 bits per heavy atom. The van der Waals surface area contributed by atoms with E-state index >= 15 is 0 Å². The van der Waals surface area contributed by atoms with E-state index in [9.17, 15) is 4.79 Å². The van der Waals surface area contributed by atoms with E-state index in [4.69, 9.17) is 5.10 Å². The fourth-order valence-electron chi connectivity index (χ4n) is 4.09. The van der Waals surface area contributed by atoms with E-state index in [1.54, 1.807) is 12.4 Å². The van der Waals surface area contributed by atoms with Gasteiger partial charge in [-0.15, -0.1) is 0 Å². The molecule has 0 unspecified atom stereocenters. The molecule has 154 valence electrons. The first-order chi connectivity index (χ1) is 14.2. The van der Waals surface area contributed by atoms with Crippen molar-refractivity contribution < 1.29 is 4.79 Å². The van der Waals surface area contributed by atoms with E-state index < -0.39 is 19.8 Å². The predicted octanol–water partition coefficient (Wildman–Crippen LogP) is 4.18. The topological polar surface area (TPSA) is 79.7 Å². The van der Waals surface area contributed by atoms with Gasteiger partial charge in [-0.1, -0.05) is 0 Å². The molecular weight excluding hydrogens is 499 g/mol. The summed E-state index contributed by atoms with van der Waals surface area (Å²) >= 11 is 0.820. The number of carbonyl (C=O) groups excluding carboxylic acids is 1. The van der Waals surface area contributed by atoms with E-state index in [-0.39, 0.29) is 5.91 Å². The number of H-pyrrole nitrogens is 1. The Kier molecular flexibility index (Phi) is 5.42. The van der Waals surface area contributed by atoms with Gasteiger partial charge in [0.25, 0.3) is 0 Å². The molecule has 2 aliphatic heterocycles. The number of nitrogens with zero attached hydrogens (tertiary/aromatic N) is 5. The monoisotopic (exact) mass is 524 g/mol. The predicted molar refractivity (Wildman–Crippen MR) is 124 cm³/mol. The van der Waals surface area contributed by atoms with Crippen LogP contribution in [0.1, 0.15) is 48.4 Å². The van der Waals surface area contributed by atoms with E-state index in [1.807, 2.05) is 10.3 Å². The van der Waals surface area contributed by atoms with Crippen LogP contribution in [-0.2, 0) is 6.42 Å². The van der Waals surface area contributed by atoms with Gasteiger partial charge in [0.2, 0.25) is 0 Å². The number of anilines is 1. The molecule has 3 aromatic rings. The van der Waals surface area contributed by atoms with Crippen molar-refractivity contribution in [3.63, 3.8) is 0 Å². The molecule has 0 radical (unpaired) electrons. The SMILES string of the molecule is CCI1CCC(n2cc3c(n2)CCCN3C(=O)c2csc(-c3cn[nH]c3)n2)CC1. The van der Waals surface area contributed by atoms with Gasteiger partial charge in [0.1, 0.15) is 0 Å². The second-order valence-corrected chi connectivity index (χ2v) is 15.2. The number of aromatic nitrogens is 5. The molecule has 0 atom stereocenters. The van der Waals surface area contributed by atoms with E-state index in [1.165, 1.54) is 37.5 Å². The van der Waals surface area contributed by atoms with Gasteiger partial charge in [-0.05, 0) is 0 Å². The summed E-state index contributed by atoms with van der Waals surface area (Å²) in [6.07, 6.45) is 10.1. The van der Waals surface area contributed by atoms with Crippen LogP contribution in [0.5, 0.6) is 0 Å². The molecule has 0 saturated carbocycles. The minimum absolute atomic E-state index is 0.0282. The van der Waals surface area contributed by atoms with Crippen LogP contribution in [0.25, 0.3) is 10.6 Å². The van der Waals surface area contributed by atoms with Gasteiger partial charge in [-0.3, -0.25) is 5.10 Å². The molecule has 0 aromatic carbocycles. The molecule has 0 aliphatic carbocycles. The third kappa shape index (κ3) is 3.74. The van der Waals surface area contributed by atoms with Crippen LogP contribution >= 0.6 is 31.2 Å². The number of thiazole rings is 1. The number of hydrogen-bond acceptors (Lipinski definition) is 5. The number of rotatable bonds is 4. The molecule has 1 amide bonds. The summed E-state index contributed by atoms with van der Waals surface area (Å²) in [5, 5.41) is 14.3. The molecule has 1 fully saturated rings. The molecule has 5 rings (SSSR count). The number of nitrogens with one attached hydrogen (secondary N) is 1. The second-order valence-electron chi connectivity index (χ2n) is 7.47. The molecule has 9 heteroatoms. The Morgan fingerprint density at radius 1 is 1.38 bits per heavy atom.